The average molecular weight is 361 g/mol. The van der Waals surface area contributed by atoms with Gasteiger partial charge in [0, 0.05) is 47.9 Å². The summed E-state index contributed by atoms with van der Waals surface area (Å²) in [6.45, 7) is 2.80. The van der Waals surface area contributed by atoms with Gasteiger partial charge in [-0.05, 0) is 53.6 Å². The summed E-state index contributed by atoms with van der Waals surface area (Å²) in [6, 6.07) is 8.76. The topological polar surface area (TPSA) is 28.3 Å². The summed E-state index contributed by atoms with van der Waals surface area (Å²) in [7, 11) is 3.91. The van der Waals surface area contributed by atoms with Gasteiger partial charge in [-0.3, -0.25) is 0 Å². The number of nitrogens with zero attached hydrogens (tertiary/aromatic N) is 1. The van der Waals surface area contributed by atoms with Crippen molar-refractivity contribution in [2.45, 2.75) is 17.1 Å². The lowest BCUT2D eigenvalue weighted by atomic mass is 10.1. The number of hydrogen-bond donors (Lipinski definition) is 1. The standard InChI is InChI=1S/C19H24N2OS2/c1-21(9-10-22-2)8-6-16-12-20-17-4-3-5-18(19(16)17)24-14-15-7-11-23-13-15/h3-5,7,11-13,20H,6,8-10,14H2,1-2H3. The Morgan fingerprint density at radius 2 is 2.17 bits per heavy atom. The molecule has 0 atom stereocenters. The predicted octanol–water partition coefficient (Wildman–Crippen LogP) is 4.64. The van der Waals surface area contributed by atoms with Crippen molar-refractivity contribution in [3.05, 3.63) is 52.3 Å². The Kier molecular flexibility index (Phi) is 6.37. The maximum absolute atomic E-state index is 5.16. The van der Waals surface area contributed by atoms with Gasteiger partial charge in [0.1, 0.15) is 0 Å². The molecule has 3 aromatic rings. The zero-order valence-corrected chi connectivity index (χ0v) is 15.9. The molecule has 24 heavy (non-hydrogen) atoms. The molecule has 2 heterocycles. The van der Waals surface area contributed by atoms with Crippen molar-refractivity contribution >= 4 is 34.0 Å². The van der Waals surface area contributed by atoms with Crippen LogP contribution < -0.4 is 0 Å². The van der Waals surface area contributed by atoms with Gasteiger partial charge in [0.2, 0.25) is 0 Å². The van der Waals surface area contributed by atoms with Crippen LogP contribution in [0.25, 0.3) is 10.9 Å². The van der Waals surface area contributed by atoms with Crippen molar-refractivity contribution in [3.63, 3.8) is 0 Å². The number of fused-ring (bicyclic) bond motifs is 1. The zero-order chi connectivity index (χ0) is 16.8. The highest BCUT2D eigenvalue weighted by molar-refractivity contribution is 7.98. The molecule has 0 radical (unpaired) electrons. The summed E-state index contributed by atoms with van der Waals surface area (Å²) >= 11 is 3.69. The third kappa shape index (κ3) is 4.42. The van der Waals surface area contributed by atoms with E-state index in [1.54, 1.807) is 18.4 Å². The van der Waals surface area contributed by atoms with Crippen molar-refractivity contribution in [1.82, 2.24) is 9.88 Å². The molecule has 5 heteroatoms. The molecule has 0 aliphatic rings. The molecule has 1 N–H and O–H groups in total. The van der Waals surface area contributed by atoms with Crippen molar-refractivity contribution in [3.8, 4) is 0 Å². The molecule has 0 saturated heterocycles. The number of hydrogen-bond acceptors (Lipinski definition) is 4. The normalized spacial score (nSPS) is 11.6. The molecular formula is C19H24N2OS2. The highest BCUT2D eigenvalue weighted by Gasteiger charge is 2.10. The Morgan fingerprint density at radius 1 is 1.25 bits per heavy atom. The lowest BCUT2D eigenvalue weighted by molar-refractivity contribution is 0.162. The highest BCUT2D eigenvalue weighted by atomic mass is 32.2. The number of rotatable bonds is 9. The van der Waals surface area contributed by atoms with Gasteiger partial charge in [0.15, 0.2) is 0 Å². The summed E-state index contributed by atoms with van der Waals surface area (Å²) in [5.41, 5.74) is 4.04. The first kappa shape index (κ1) is 17.5. The van der Waals surface area contributed by atoms with Gasteiger partial charge in [-0.2, -0.15) is 11.3 Å². The fourth-order valence-corrected chi connectivity index (χ4v) is 4.58. The van der Waals surface area contributed by atoms with Crippen LogP contribution in [0.4, 0.5) is 0 Å². The van der Waals surface area contributed by atoms with Gasteiger partial charge < -0.3 is 14.6 Å². The summed E-state index contributed by atoms with van der Waals surface area (Å²) in [5.74, 6) is 1.03. The number of ether oxygens (including phenoxy) is 1. The first-order valence-electron chi connectivity index (χ1n) is 8.18. The Morgan fingerprint density at radius 3 is 2.96 bits per heavy atom. The van der Waals surface area contributed by atoms with Crippen LogP contribution in [0.1, 0.15) is 11.1 Å². The minimum Gasteiger partial charge on any atom is -0.383 e. The molecule has 0 spiro atoms. The maximum Gasteiger partial charge on any atom is 0.0589 e. The van der Waals surface area contributed by atoms with Crippen LogP contribution in [0.2, 0.25) is 0 Å². The van der Waals surface area contributed by atoms with E-state index in [2.05, 4.69) is 58.2 Å². The largest absolute Gasteiger partial charge is 0.383 e. The van der Waals surface area contributed by atoms with Crippen LogP contribution in [-0.4, -0.2) is 43.7 Å². The van der Waals surface area contributed by atoms with E-state index in [1.165, 1.54) is 26.9 Å². The van der Waals surface area contributed by atoms with Gasteiger partial charge in [-0.1, -0.05) is 6.07 Å². The minimum atomic E-state index is 0.784. The summed E-state index contributed by atoms with van der Waals surface area (Å²) in [5, 5.41) is 5.77. The third-order valence-corrected chi connectivity index (χ3v) is 6.02. The van der Waals surface area contributed by atoms with E-state index in [0.29, 0.717) is 0 Å². The Balaban J connectivity index is 1.71. The fraction of sp³-hybridized carbons (Fsp3) is 0.368. The van der Waals surface area contributed by atoms with E-state index >= 15 is 0 Å². The van der Waals surface area contributed by atoms with Crippen molar-refractivity contribution in [2.75, 3.05) is 33.9 Å². The van der Waals surface area contributed by atoms with Gasteiger partial charge in [-0.15, -0.1) is 11.8 Å². The molecule has 3 rings (SSSR count). The second kappa shape index (κ2) is 8.72. The molecule has 0 bridgehead atoms. The molecule has 2 aromatic heterocycles. The van der Waals surface area contributed by atoms with Crippen LogP contribution in [0, 0.1) is 0 Å². The van der Waals surface area contributed by atoms with E-state index in [9.17, 15) is 0 Å². The Hall–Kier alpha value is -1.27. The highest BCUT2D eigenvalue weighted by Crippen LogP contribution is 2.33. The molecular weight excluding hydrogens is 336 g/mol. The molecule has 0 aliphatic carbocycles. The lowest BCUT2D eigenvalue weighted by Crippen LogP contribution is -2.25. The fourth-order valence-electron chi connectivity index (χ4n) is 2.74. The number of nitrogens with one attached hydrogen (secondary N) is 1. The number of thiophene rings is 1. The number of H-pyrrole nitrogens is 1. The summed E-state index contributed by atoms with van der Waals surface area (Å²) < 4.78 is 5.16. The number of likely N-dealkylation sites (N-methyl/N-ethyl adjacent to an activating group) is 1. The molecule has 1 aromatic carbocycles. The number of methoxy groups -OCH3 is 1. The van der Waals surface area contributed by atoms with Crippen molar-refractivity contribution < 1.29 is 4.74 Å². The van der Waals surface area contributed by atoms with E-state index in [-0.39, 0.29) is 0 Å². The molecule has 0 fully saturated rings. The first-order chi connectivity index (χ1) is 11.8. The summed E-state index contributed by atoms with van der Waals surface area (Å²) in [6.07, 6.45) is 3.22. The summed E-state index contributed by atoms with van der Waals surface area (Å²) in [4.78, 5) is 7.13. The molecule has 3 nitrogen and oxygen atoms in total. The van der Waals surface area contributed by atoms with Gasteiger partial charge >= 0.3 is 0 Å². The third-order valence-electron chi connectivity index (χ3n) is 4.16. The molecule has 0 unspecified atom stereocenters. The molecule has 0 amide bonds. The number of benzene rings is 1. The molecule has 128 valence electrons. The predicted molar refractivity (Wildman–Crippen MR) is 105 cm³/mol. The monoisotopic (exact) mass is 360 g/mol. The number of thioether (sulfide) groups is 1. The van der Waals surface area contributed by atoms with Gasteiger partial charge in [0.05, 0.1) is 6.61 Å². The van der Waals surface area contributed by atoms with Crippen LogP contribution in [-0.2, 0) is 16.9 Å². The molecule has 0 saturated carbocycles. The van der Waals surface area contributed by atoms with Gasteiger partial charge in [-0.25, -0.2) is 0 Å². The van der Waals surface area contributed by atoms with Crippen LogP contribution in [0.5, 0.6) is 0 Å². The van der Waals surface area contributed by atoms with E-state index < -0.39 is 0 Å². The zero-order valence-electron chi connectivity index (χ0n) is 14.2. The smallest absolute Gasteiger partial charge is 0.0589 e. The first-order valence-corrected chi connectivity index (χ1v) is 10.1. The van der Waals surface area contributed by atoms with Gasteiger partial charge in [0.25, 0.3) is 0 Å². The van der Waals surface area contributed by atoms with Crippen molar-refractivity contribution in [2.24, 2.45) is 0 Å². The number of aromatic amines is 1. The lowest BCUT2D eigenvalue weighted by Gasteiger charge is -2.15. The van der Waals surface area contributed by atoms with E-state index in [0.717, 1.165) is 31.9 Å². The van der Waals surface area contributed by atoms with E-state index in [1.807, 2.05) is 11.8 Å². The average Bonchev–Trinajstić information content (AvgIpc) is 3.26. The molecule has 0 aliphatic heterocycles. The second-order valence-electron chi connectivity index (χ2n) is 5.96. The Bertz CT molecular complexity index is 752. The van der Waals surface area contributed by atoms with Crippen LogP contribution in [0.3, 0.4) is 0 Å². The van der Waals surface area contributed by atoms with Crippen LogP contribution in [0.15, 0.2) is 46.1 Å². The number of aromatic nitrogens is 1. The maximum atomic E-state index is 5.16. The van der Waals surface area contributed by atoms with Crippen LogP contribution >= 0.6 is 23.1 Å². The minimum absolute atomic E-state index is 0.784. The van der Waals surface area contributed by atoms with Crippen molar-refractivity contribution in [1.29, 1.82) is 0 Å². The second-order valence-corrected chi connectivity index (χ2v) is 7.76. The Labute approximate surface area is 152 Å². The SMILES string of the molecule is COCCN(C)CCc1c[nH]c2cccc(SCc3ccsc3)c12. The van der Waals surface area contributed by atoms with E-state index in [4.69, 9.17) is 4.74 Å². The quantitative estimate of drug-likeness (QED) is 0.563.